The average molecular weight is 515 g/mol. The molecule has 6 rings (SSSR count). The Hall–Kier alpha value is -3.38. The molecule has 2 amide bonds. The molecule has 2 aromatic carbocycles. The van der Waals surface area contributed by atoms with E-state index in [1.165, 1.54) is 11.3 Å². The second-order valence-electron chi connectivity index (χ2n) is 10.3. The Kier molecular flexibility index (Phi) is 6.59. The predicted molar refractivity (Wildman–Crippen MR) is 145 cm³/mol. The Morgan fingerprint density at radius 1 is 0.919 bits per heavy atom. The lowest BCUT2D eigenvalue weighted by atomic mass is 9.99. The fourth-order valence-electron chi connectivity index (χ4n) is 5.86. The average Bonchev–Trinajstić information content (AvgIpc) is 3.69. The molecule has 2 heterocycles. The van der Waals surface area contributed by atoms with Crippen LogP contribution in [0.1, 0.15) is 70.0 Å². The zero-order valence-corrected chi connectivity index (χ0v) is 21.5. The highest BCUT2D eigenvalue weighted by Gasteiger charge is 2.39. The van der Waals surface area contributed by atoms with E-state index < -0.39 is 0 Å². The number of fused-ring (bicyclic) bond motifs is 1. The largest absolute Gasteiger partial charge is 0.371 e. The number of carbonyl (C=O) groups excluding carboxylic acids is 2. The molecule has 37 heavy (non-hydrogen) atoms. The first-order valence-corrected chi connectivity index (χ1v) is 13.6. The smallest absolute Gasteiger partial charge is 0.254 e. The molecule has 2 aliphatic carbocycles. The van der Waals surface area contributed by atoms with Crippen molar-refractivity contribution in [2.45, 2.75) is 56.7 Å². The van der Waals surface area contributed by atoms with E-state index in [-0.39, 0.29) is 23.9 Å². The molecule has 6 nitrogen and oxygen atoms in total. The summed E-state index contributed by atoms with van der Waals surface area (Å²) in [6, 6.07) is 17.7. The Balaban J connectivity index is 1.17. The van der Waals surface area contributed by atoms with Gasteiger partial charge in [-0.2, -0.15) is 0 Å². The lowest BCUT2D eigenvalue weighted by Gasteiger charge is -2.39. The maximum atomic E-state index is 13.9. The maximum Gasteiger partial charge on any atom is 0.254 e. The molecule has 1 aliphatic heterocycles. The van der Waals surface area contributed by atoms with E-state index in [2.05, 4.69) is 38.3 Å². The van der Waals surface area contributed by atoms with Crippen molar-refractivity contribution >= 4 is 29.1 Å². The fourth-order valence-corrected chi connectivity index (χ4v) is 6.08. The second-order valence-corrected chi connectivity index (χ2v) is 10.7. The number of aryl methyl sites for hydroxylation is 1. The zero-order valence-electron chi connectivity index (χ0n) is 20.8. The van der Waals surface area contributed by atoms with Gasteiger partial charge in [-0.25, -0.2) is 0 Å². The molecule has 1 saturated carbocycles. The van der Waals surface area contributed by atoms with Gasteiger partial charge >= 0.3 is 0 Å². The zero-order chi connectivity index (χ0) is 25.4. The topological polar surface area (TPSA) is 65.5 Å². The highest BCUT2D eigenvalue weighted by atomic mass is 35.5. The molecule has 2 fully saturated rings. The number of nitrogens with one attached hydrogen (secondary N) is 1. The van der Waals surface area contributed by atoms with Crippen LogP contribution < -0.4 is 10.2 Å². The number of anilines is 1. The van der Waals surface area contributed by atoms with Crippen LogP contribution >= 0.6 is 11.6 Å². The first-order chi connectivity index (χ1) is 18.1. The SMILES string of the molecule is O=C(N[C@@H]1CCc2ccc(C(=O)N(C3CC3)C3CCN(c4ccncc4)CC3)cc21)c1ccccc1Cl. The number of piperidine rings is 1. The summed E-state index contributed by atoms with van der Waals surface area (Å²) in [5, 5.41) is 3.59. The van der Waals surface area contributed by atoms with Crippen LogP contribution in [0.4, 0.5) is 5.69 Å². The number of rotatable bonds is 6. The molecule has 1 aromatic heterocycles. The van der Waals surface area contributed by atoms with Crippen LogP contribution in [0.15, 0.2) is 67.0 Å². The molecule has 0 spiro atoms. The van der Waals surface area contributed by atoms with Gasteiger partial charge < -0.3 is 15.1 Å². The van der Waals surface area contributed by atoms with Crippen molar-refractivity contribution < 1.29 is 9.59 Å². The van der Waals surface area contributed by atoms with E-state index in [9.17, 15) is 9.59 Å². The summed E-state index contributed by atoms with van der Waals surface area (Å²) in [6.45, 7) is 1.87. The third-order valence-electron chi connectivity index (χ3n) is 7.95. The third-order valence-corrected chi connectivity index (χ3v) is 8.28. The van der Waals surface area contributed by atoms with Crippen molar-refractivity contribution in [3.05, 3.63) is 94.3 Å². The quantitative estimate of drug-likeness (QED) is 0.476. The number of hydrogen-bond acceptors (Lipinski definition) is 4. The summed E-state index contributed by atoms with van der Waals surface area (Å²) in [4.78, 5) is 35.5. The molecule has 7 heteroatoms. The Morgan fingerprint density at radius 2 is 1.65 bits per heavy atom. The van der Waals surface area contributed by atoms with Gasteiger partial charge in [-0.15, -0.1) is 0 Å². The second kappa shape index (κ2) is 10.2. The van der Waals surface area contributed by atoms with Crippen LogP contribution in [-0.4, -0.2) is 46.9 Å². The van der Waals surface area contributed by atoms with E-state index in [1.54, 1.807) is 12.1 Å². The van der Waals surface area contributed by atoms with Gasteiger partial charge in [-0.3, -0.25) is 14.6 Å². The first kappa shape index (κ1) is 24.0. The van der Waals surface area contributed by atoms with Gasteiger partial charge in [0, 0.05) is 48.8 Å². The summed E-state index contributed by atoms with van der Waals surface area (Å²) in [6.07, 6.45) is 9.46. The molecule has 0 radical (unpaired) electrons. The first-order valence-electron chi connectivity index (χ1n) is 13.2. The number of nitrogens with zero attached hydrogens (tertiary/aromatic N) is 3. The van der Waals surface area contributed by atoms with Gasteiger partial charge in [-0.1, -0.05) is 29.8 Å². The standard InChI is InChI=1S/C30H31ClN4O2/c31-27-4-2-1-3-25(27)29(36)33-28-10-7-20-5-6-21(19-26(20)28)30(37)35(23-8-9-23)24-13-17-34(18-14-24)22-11-15-32-16-12-22/h1-6,11-12,15-16,19,23-24,28H,7-10,13-14,17-18H2,(H,33,36)/t28-/m1/s1. The van der Waals surface area contributed by atoms with Gasteiger partial charge in [0.25, 0.3) is 11.8 Å². The number of hydrogen-bond donors (Lipinski definition) is 1. The molecular weight excluding hydrogens is 484 g/mol. The highest BCUT2D eigenvalue weighted by Crippen LogP contribution is 2.36. The number of amides is 2. The van der Waals surface area contributed by atoms with Crippen molar-refractivity contribution in [2.24, 2.45) is 0 Å². The molecular formula is C30H31ClN4O2. The van der Waals surface area contributed by atoms with Gasteiger partial charge in [0.1, 0.15) is 0 Å². The number of halogens is 1. The van der Waals surface area contributed by atoms with E-state index >= 15 is 0 Å². The van der Waals surface area contributed by atoms with Crippen molar-refractivity contribution in [3.8, 4) is 0 Å². The molecule has 0 bridgehead atoms. The van der Waals surface area contributed by atoms with Crippen molar-refractivity contribution in [1.29, 1.82) is 0 Å². The summed E-state index contributed by atoms with van der Waals surface area (Å²) in [5.41, 5.74) is 4.64. The van der Waals surface area contributed by atoms with Crippen LogP contribution in [0.25, 0.3) is 0 Å². The third kappa shape index (κ3) is 4.95. The number of pyridine rings is 1. The molecule has 1 atom stereocenters. The highest BCUT2D eigenvalue weighted by molar-refractivity contribution is 6.33. The monoisotopic (exact) mass is 514 g/mol. The molecule has 1 N–H and O–H groups in total. The van der Waals surface area contributed by atoms with Gasteiger partial charge in [-0.05, 0) is 86.1 Å². The molecule has 0 unspecified atom stereocenters. The summed E-state index contributed by atoms with van der Waals surface area (Å²) >= 11 is 6.24. The summed E-state index contributed by atoms with van der Waals surface area (Å²) in [5.74, 6) is -0.0588. The van der Waals surface area contributed by atoms with Crippen molar-refractivity contribution in [3.63, 3.8) is 0 Å². The Bertz CT molecular complexity index is 1300. The van der Waals surface area contributed by atoms with E-state index in [0.717, 1.165) is 62.7 Å². The fraction of sp³-hybridized carbons (Fsp3) is 0.367. The van der Waals surface area contributed by atoms with E-state index in [4.69, 9.17) is 11.6 Å². The van der Waals surface area contributed by atoms with Crippen LogP contribution in [0.2, 0.25) is 5.02 Å². The van der Waals surface area contributed by atoms with Gasteiger partial charge in [0.2, 0.25) is 0 Å². The molecule has 190 valence electrons. The minimum absolute atomic E-state index is 0.121. The van der Waals surface area contributed by atoms with Crippen LogP contribution in [0.5, 0.6) is 0 Å². The summed E-state index contributed by atoms with van der Waals surface area (Å²) < 4.78 is 0. The molecule has 3 aliphatic rings. The lowest BCUT2D eigenvalue weighted by Crippen LogP contribution is -2.48. The van der Waals surface area contributed by atoms with Crippen molar-refractivity contribution in [1.82, 2.24) is 15.2 Å². The van der Waals surface area contributed by atoms with Gasteiger partial charge in [0.05, 0.1) is 16.6 Å². The van der Waals surface area contributed by atoms with Crippen LogP contribution in [-0.2, 0) is 6.42 Å². The van der Waals surface area contributed by atoms with Crippen molar-refractivity contribution in [2.75, 3.05) is 18.0 Å². The normalized spacial score (nSPS) is 19.4. The lowest BCUT2D eigenvalue weighted by molar-refractivity contribution is 0.0630. The predicted octanol–water partition coefficient (Wildman–Crippen LogP) is 5.43. The Morgan fingerprint density at radius 3 is 2.38 bits per heavy atom. The molecule has 3 aromatic rings. The van der Waals surface area contributed by atoms with Crippen LogP contribution in [0, 0.1) is 0 Å². The van der Waals surface area contributed by atoms with E-state index in [1.807, 2.05) is 36.7 Å². The minimum atomic E-state index is -0.180. The number of benzene rings is 2. The van der Waals surface area contributed by atoms with E-state index in [0.29, 0.717) is 16.6 Å². The van der Waals surface area contributed by atoms with Crippen LogP contribution in [0.3, 0.4) is 0 Å². The van der Waals surface area contributed by atoms with Gasteiger partial charge in [0.15, 0.2) is 0 Å². The number of aromatic nitrogens is 1. The Labute approximate surface area is 222 Å². The number of carbonyl (C=O) groups is 2. The maximum absolute atomic E-state index is 13.9. The minimum Gasteiger partial charge on any atom is -0.371 e. The molecule has 1 saturated heterocycles. The summed E-state index contributed by atoms with van der Waals surface area (Å²) in [7, 11) is 0.